The van der Waals surface area contributed by atoms with Gasteiger partial charge in [-0.3, -0.25) is 4.79 Å². The Balaban J connectivity index is 1.81. The number of amides is 1. The first kappa shape index (κ1) is 12.3. The summed E-state index contributed by atoms with van der Waals surface area (Å²) in [5.74, 6) is 1.50. The van der Waals surface area contributed by atoms with Crippen LogP contribution in [-0.4, -0.2) is 10.8 Å². The van der Waals surface area contributed by atoms with E-state index in [9.17, 15) is 4.79 Å². The summed E-state index contributed by atoms with van der Waals surface area (Å²) in [6.45, 7) is 0.709. The maximum Gasteiger partial charge on any atom is 0.290 e. The lowest BCUT2D eigenvalue weighted by Gasteiger charge is -2.19. The molecule has 0 aromatic carbocycles. The van der Waals surface area contributed by atoms with Gasteiger partial charge < -0.3 is 18.2 Å². The third-order valence-electron chi connectivity index (χ3n) is 2.87. The zero-order valence-corrected chi connectivity index (χ0v) is 10.7. The Morgan fingerprint density at radius 3 is 1.85 bits per heavy atom. The van der Waals surface area contributed by atoms with E-state index < -0.39 is 0 Å². The van der Waals surface area contributed by atoms with E-state index in [2.05, 4.69) is 0 Å². The molecule has 0 radical (unpaired) electrons. The molecule has 20 heavy (non-hydrogen) atoms. The van der Waals surface area contributed by atoms with Gasteiger partial charge >= 0.3 is 0 Å². The van der Waals surface area contributed by atoms with Gasteiger partial charge in [-0.1, -0.05) is 0 Å². The van der Waals surface area contributed by atoms with Crippen LogP contribution in [0, 0.1) is 0 Å². The molecule has 0 N–H and O–H groups in total. The van der Waals surface area contributed by atoms with Crippen LogP contribution in [0.5, 0.6) is 0 Å². The van der Waals surface area contributed by atoms with Gasteiger partial charge in [-0.05, 0) is 36.4 Å². The quantitative estimate of drug-likeness (QED) is 0.714. The minimum Gasteiger partial charge on any atom is -0.467 e. The Labute approximate surface area is 115 Å². The van der Waals surface area contributed by atoms with Gasteiger partial charge in [0.2, 0.25) is 0 Å². The fourth-order valence-corrected chi connectivity index (χ4v) is 1.94. The molecular formula is C15H13NO4. The van der Waals surface area contributed by atoms with Crippen LogP contribution in [0.15, 0.2) is 68.4 Å². The van der Waals surface area contributed by atoms with E-state index >= 15 is 0 Å². The molecular weight excluding hydrogens is 258 g/mol. The molecule has 0 aliphatic heterocycles. The predicted octanol–water partition coefficient (Wildman–Crippen LogP) is 3.31. The first-order chi connectivity index (χ1) is 9.83. The minimum atomic E-state index is -0.206. The monoisotopic (exact) mass is 271 g/mol. The molecule has 0 aliphatic carbocycles. The SMILES string of the molecule is O=C(c1ccco1)N(Cc1ccco1)Cc1ccco1. The summed E-state index contributed by atoms with van der Waals surface area (Å²) in [7, 11) is 0. The molecule has 5 nitrogen and oxygen atoms in total. The van der Waals surface area contributed by atoms with Crippen LogP contribution >= 0.6 is 0 Å². The largest absolute Gasteiger partial charge is 0.467 e. The second-order valence-electron chi connectivity index (χ2n) is 4.30. The van der Waals surface area contributed by atoms with E-state index in [4.69, 9.17) is 13.3 Å². The number of rotatable bonds is 5. The molecule has 3 heterocycles. The second-order valence-corrected chi connectivity index (χ2v) is 4.30. The minimum absolute atomic E-state index is 0.206. The molecule has 3 aromatic heterocycles. The summed E-state index contributed by atoms with van der Waals surface area (Å²) in [5, 5.41) is 0. The summed E-state index contributed by atoms with van der Waals surface area (Å²) in [6.07, 6.45) is 4.64. The molecule has 0 saturated heterocycles. The van der Waals surface area contributed by atoms with Crippen LogP contribution in [0.1, 0.15) is 22.1 Å². The zero-order valence-electron chi connectivity index (χ0n) is 10.7. The van der Waals surface area contributed by atoms with Crippen molar-refractivity contribution >= 4 is 5.91 Å². The topological polar surface area (TPSA) is 59.7 Å². The summed E-state index contributed by atoms with van der Waals surface area (Å²) in [5.41, 5.74) is 0. The van der Waals surface area contributed by atoms with E-state index in [1.807, 2.05) is 12.1 Å². The van der Waals surface area contributed by atoms with E-state index in [-0.39, 0.29) is 5.91 Å². The maximum atomic E-state index is 12.4. The Kier molecular flexibility index (Phi) is 3.41. The molecule has 0 fully saturated rings. The van der Waals surface area contributed by atoms with Gasteiger partial charge in [0.05, 0.1) is 31.9 Å². The number of carbonyl (C=O) groups is 1. The van der Waals surface area contributed by atoms with E-state index in [1.165, 1.54) is 6.26 Å². The van der Waals surface area contributed by atoms with Crippen molar-refractivity contribution in [1.29, 1.82) is 0 Å². The van der Waals surface area contributed by atoms with Gasteiger partial charge in [0, 0.05) is 0 Å². The molecule has 0 bridgehead atoms. The van der Waals surface area contributed by atoms with Crippen LogP contribution < -0.4 is 0 Å². The van der Waals surface area contributed by atoms with Crippen LogP contribution in [0.4, 0.5) is 0 Å². The normalized spacial score (nSPS) is 10.6. The first-order valence-corrected chi connectivity index (χ1v) is 6.20. The Bertz CT molecular complexity index is 602. The summed E-state index contributed by atoms with van der Waals surface area (Å²) < 4.78 is 15.8. The fourth-order valence-electron chi connectivity index (χ4n) is 1.94. The highest BCUT2D eigenvalue weighted by Crippen LogP contribution is 2.15. The first-order valence-electron chi connectivity index (χ1n) is 6.20. The number of nitrogens with zero attached hydrogens (tertiary/aromatic N) is 1. The number of carbonyl (C=O) groups excluding carboxylic acids is 1. The Hall–Kier alpha value is -2.69. The molecule has 0 aliphatic rings. The highest BCUT2D eigenvalue weighted by molar-refractivity contribution is 5.91. The number of furan rings is 3. The zero-order chi connectivity index (χ0) is 13.8. The predicted molar refractivity (Wildman–Crippen MR) is 69.7 cm³/mol. The van der Waals surface area contributed by atoms with Crippen LogP contribution in [0.2, 0.25) is 0 Å². The van der Waals surface area contributed by atoms with Crippen molar-refractivity contribution in [2.75, 3.05) is 0 Å². The van der Waals surface area contributed by atoms with Gasteiger partial charge in [-0.15, -0.1) is 0 Å². The van der Waals surface area contributed by atoms with Gasteiger partial charge in [-0.2, -0.15) is 0 Å². The average Bonchev–Trinajstić information content (AvgIpc) is 3.20. The third kappa shape index (κ3) is 2.66. The third-order valence-corrected chi connectivity index (χ3v) is 2.87. The number of hydrogen-bond donors (Lipinski definition) is 0. The van der Waals surface area contributed by atoms with Crippen molar-refractivity contribution in [1.82, 2.24) is 4.90 Å². The van der Waals surface area contributed by atoms with Gasteiger partial charge in [0.1, 0.15) is 11.5 Å². The van der Waals surface area contributed by atoms with Gasteiger partial charge in [-0.25, -0.2) is 0 Å². The summed E-state index contributed by atoms with van der Waals surface area (Å²) >= 11 is 0. The molecule has 3 rings (SSSR count). The maximum absolute atomic E-state index is 12.4. The molecule has 102 valence electrons. The van der Waals surface area contributed by atoms with Crippen molar-refractivity contribution < 1.29 is 18.0 Å². The standard InChI is InChI=1S/C15H13NO4/c17-15(14-6-3-9-20-14)16(10-12-4-1-7-18-12)11-13-5-2-8-19-13/h1-9H,10-11H2. The average molecular weight is 271 g/mol. The number of hydrogen-bond acceptors (Lipinski definition) is 4. The molecule has 0 atom stereocenters. The van der Waals surface area contributed by atoms with Crippen molar-refractivity contribution in [2.45, 2.75) is 13.1 Å². The van der Waals surface area contributed by atoms with Crippen LogP contribution in [0.25, 0.3) is 0 Å². The van der Waals surface area contributed by atoms with Crippen molar-refractivity contribution in [3.8, 4) is 0 Å². The lowest BCUT2D eigenvalue weighted by Crippen LogP contribution is -2.29. The summed E-state index contributed by atoms with van der Waals surface area (Å²) in [6, 6.07) is 10.6. The molecule has 0 spiro atoms. The van der Waals surface area contributed by atoms with Crippen molar-refractivity contribution in [2.24, 2.45) is 0 Å². The lowest BCUT2D eigenvalue weighted by molar-refractivity contribution is 0.0672. The van der Waals surface area contributed by atoms with Crippen molar-refractivity contribution in [3.05, 3.63) is 72.5 Å². The fraction of sp³-hybridized carbons (Fsp3) is 0.133. The molecule has 5 heteroatoms. The smallest absolute Gasteiger partial charge is 0.290 e. The molecule has 3 aromatic rings. The van der Waals surface area contributed by atoms with E-state index in [0.717, 1.165) is 0 Å². The second kappa shape index (κ2) is 5.52. The van der Waals surface area contributed by atoms with Gasteiger partial charge in [0.15, 0.2) is 5.76 Å². The van der Waals surface area contributed by atoms with Gasteiger partial charge in [0.25, 0.3) is 5.91 Å². The molecule has 0 saturated carbocycles. The van der Waals surface area contributed by atoms with E-state index in [1.54, 1.807) is 41.7 Å². The highest BCUT2D eigenvalue weighted by Gasteiger charge is 2.20. The van der Waals surface area contributed by atoms with Crippen molar-refractivity contribution in [3.63, 3.8) is 0 Å². The lowest BCUT2D eigenvalue weighted by atomic mass is 10.3. The van der Waals surface area contributed by atoms with E-state index in [0.29, 0.717) is 30.4 Å². The van der Waals surface area contributed by atoms with Crippen LogP contribution in [0.3, 0.4) is 0 Å². The molecule has 0 unspecified atom stereocenters. The highest BCUT2D eigenvalue weighted by atomic mass is 16.3. The molecule has 1 amide bonds. The Morgan fingerprint density at radius 1 is 0.850 bits per heavy atom. The van der Waals surface area contributed by atoms with Crippen LogP contribution in [-0.2, 0) is 13.1 Å². The Morgan fingerprint density at radius 2 is 1.40 bits per heavy atom. The summed E-state index contributed by atoms with van der Waals surface area (Å²) in [4.78, 5) is 14.0.